The molecule has 0 aliphatic carbocycles. The number of hydrogen-bond donors (Lipinski definition) is 2. The maximum absolute atomic E-state index is 13.0. The van der Waals surface area contributed by atoms with Crippen LogP contribution in [0.4, 0.5) is 0 Å². The number of benzene rings is 1. The van der Waals surface area contributed by atoms with Gasteiger partial charge in [-0.25, -0.2) is 10.2 Å². The molecule has 0 bridgehead atoms. The molecule has 1 aliphatic heterocycles. The highest BCUT2D eigenvalue weighted by Gasteiger charge is 2.38. The number of ether oxygens (including phenoxy) is 1. The van der Waals surface area contributed by atoms with Gasteiger partial charge in [-0.2, -0.15) is 0 Å². The fourth-order valence-electron chi connectivity index (χ4n) is 2.27. The molecule has 0 spiro atoms. The number of carbonyl (C=O) groups excluding carboxylic acids is 1. The zero-order chi connectivity index (χ0) is 13.9. The third-order valence-corrected chi connectivity index (χ3v) is 6.54. The molecule has 1 saturated heterocycles. The molecule has 1 aromatic carbocycles. The Balaban J connectivity index is 2.23. The molecule has 19 heavy (non-hydrogen) atoms. The third-order valence-electron chi connectivity index (χ3n) is 3.26. The maximum Gasteiger partial charge on any atom is 0.257 e. The number of hydroxylamine groups is 1. The zero-order valence-electron chi connectivity index (χ0n) is 10.7. The molecule has 1 fully saturated rings. The Hall–Kier alpha value is -1.36. The Kier molecular flexibility index (Phi) is 4.24. The van der Waals surface area contributed by atoms with Crippen LogP contribution in [-0.2, 0) is 9.36 Å². The van der Waals surface area contributed by atoms with Crippen LogP contribution in [0.25, 0.3) is 0 Å². The molecule has 0 aromatic heterocycles. The minimum Gasteiger partial charge on any atom is -0.497 e. The summed E-state index contributed by atoms with van der Waals surface area (Å²) >= 11 is 0. The Bertz CT molecular complexity index is 503. The van der Waals surface area contributed by atoms with Crippen molar-refractivity contribution in [2.75, 3.05) is 26.4 Å². The van der Waals surface area contributed by atoms with Gasteiger partial charge in [0.05, 0.1) is 13.7 Å². The van der Waals surface area contributed by atoms with Crippen molar-refractivity contribution in [3.8, 4) is 5.75 Å². The number of nitrogens with zero attached hydrogens (tertiary/aromatic N) is 1. The van der Waals surface area contributed by atoms with Gasteiger partial charge in [-0.3, -0.25) is 10.0 Å². The molecule has 6 nitrogen and oxygen atoms in total. The molecule has 1 heterocycles. The lowest BCUT2D eigenvalue weighted by Crippen LogP contribution is -2.34. The fourth-order valence-corrected chi connectivity index (χ4v) is 5.15. The van der Waals surface area contributed by atoms with E-state index < -0.39 is 13.2 Å². The minimum atomic E-state index is -2.72. The highest BCUT2D eigenvalue weighted by molar-refractivity contribution is 7.69. The highest BCUT2D eigenvalue weighted by Crippen LogP contribution is 2.53. The van der Waals surface area contributed by atoms with E-state index in [2.05, 4.69) is 0 Å². The summed E-state index contributed by atoms with van der Waals surface area (Å²) < 4.78 is 19.7. The van der Waals surface area contributed by atoms with Crippen molar-refractivity contribution in [2.24, 2.45) is 0 Å². The number of amides is 1. The topological polar surface area (TPSA) is 78.9 Å². The molecule has 1 aromatic rings. The second-order valence-electron chi connectivity index (χ2n) is 4.40. The second-order valence-corrected chi connectivity index (χ2v) is 7.33. The normalized spacial score (nSPS) is 23.3. The van der Waals surface area contributed by atoms with Gasteiger partial charge in [0.25, 0.3) is 5.91 Å². The van der Waals surface area contributed by atoms with Crippen molar-refractivity contribution in [1.82, 2.24) is 10.2 Å². The molecule has 2 rings (SSSR count). The lowest BCUT2D eigenvalue weighted by atomic mass is 10.3. The van der Waals surface area contributed by atoms with E-state index in [0.717, 1.165) is 11.7 Å². The first kappa shape index (κ1) is 14.1. The van der Waals surface area contributed by atoms with Gasteiger partial charge in [0.2, 0.25) is 0 Å². The lowest BCUT2D eigenvalue weighted by Gasteiger charge is -2.24. The molecule has 2 N–H and O–H groups in total. The summed E-state index contributed by atoms with van der Waals surface area (Å²) in [6, 6.07) is 7.07. The van der Waals surface area contributed by atoms with E-state index in [1.165, 1.54) is 0 Å². The SMILES string of the molecule is COc1ccc(P2(=O)CCCN2CC(=O)NO)cc1. The van der Waals surface area contributed by atoms with Crippen LogP contribution >= 0.6 is 7.29 Å². The van der Waals surface area contributed by atoms with E-state index in [0.29, 0.717) is 18.5 Å². The predicted octanol–water partition coefficient (Wildman–Crippen LogP) is 0.810. The van der Waals surface area contributed by atoms with Gasteiger partial charge in [0.15, 0.2) is 7.29 Å². The minimum absolute atomic E-state index is 0.0557. The molecule has 1 aliphatic rings. The van der Waals surface area contributed by atoms with Crippen molar-refractivity contribution in [1.29, 1.82) is 0 Å². The summed E-state index contributed by atoms with van der Waals surface area (Å²) in [4.78, 5) is 11.2. The quantitative estimate of drug-likeness (QED) is 0.486. The monoisotopic (exact) mass is 284 g/mol. The van der Waals surface area contributed by atoms with Gasteiger partial charge >= 0.3 is 0 Å². The van der Waals surface area contributed by atoms with Gasteiger partial charge in [-0.05, 0) is 30.7 Å². The Labute approximate surface area is 111 Å². The summed E-state index contributed by atoms with van der Waals surface area (Å²) in [6.45, 7) is 0.538. The van der Waals surface area contributed by atoms with E-state index in [-0.39, 0.29) is 6.54 Å². The molecule has 1 amide bonds. The summed E-state index contributed by atoms with van der Waals surface area (Å²) in [6.07, 6.45) is 1.33. The smallest absolute Gasteiger partial charge is 0.257 e. The van der Waals surface area contributed by atoms with Crippen LogP contribution in [0, 0.1) is 0 Å². The van der Waals surface area contributed by atoms with Crippen molar-refractivity contribution in [2.45, 2.75) is 6.42 Å². The van der Waals surface area contributed by atoms with Crippen LogP contribution in [0.3, 0.4) is 0 Å². The maximum atomic E-state index is 13.0. The third kappa shape index (κ3) is 2.81. The summed E-state index contributed by atoms with van der Waals surface area (Å²) in [5, 5.41) is 9.29. The van der Waals surface area contributed by atoms with E-state index >= 15 is 0 Å². The first-order valence-electron chi connectivity index (χ1n) is 6.02. The molecular weight excluding hydrogens is 267 g/mol. The number of rotatable bonds is 4. The van der Waals surface area contributed by atoms with Gasteiger partial charge in [0, 0.05) is 18.0 Å². The Morgan fingerprint density at radius 1 is 1.47 bits per heavy atom. The lowest BCUT2D eigenvalue weighted by molar-refractivity contribution is -0.129. The van der Waals surface area contributed by atoms with E-state index in [1.54, 1.807) is 41.5 Å². The van der Waals surface area contributed by atoms with Crippen LogP contribution < -0.4 is 15.5 Å². The van der Waals surface area contributed by atoms with Gasteiger partial charge in [-0.15, -0.1) is 0 Å². The van der Waals surface area contributed by atoms with E-state index in [9.17, 15) is 9.36 Å². The van der Waals surface area contributed by atoms with Crippen LogP contribution in [0.5, 0.6) is 5.75 Å². The van der Waals surface area contributed by atoms with Gasteiger partial charge in [-0.1, -0.05) is 0 Å². The molecule has 7 heteroatoms. The first-order chi connectivity index (χ1) is 9.10. The number of nitrogens with one attached hydrogen (secondary N) is 1. The Morgan fingerprint density at radius 2 is 2.16 bits per heavy atom. The summed E-state index contributed by atoms with van der Waals surface area (Å²) in [5.41, 5.74) is 1.58. The number of carbonyl (C=O) groups is 1. The molecule has 1 atom stereocenters. The average molecular weight is 284 g/mol. The molecule has 0 saturated carbocycles. The molecule has 104 valence electrons. The van der Waals surface area contributed by atoms with Crippen molar-refractivity contribution >= 4 is 18.5 Å². The largest absolute Gasteiger partial charge is 0.497 e. The molecule has 0 radical (unpaired) electrons. The summed E-state index contributed by atoms with van der Waals surface area (Å²) in [5.74, 6) is 0.157. The summed E-state index contributed by atoms with van der Waals surface area (Å²) in [7, 11) is -1.15. The second kappa shape index (κ2) is 5.74. The number of methoxy groups -OCH3 is 1. The zero-order valence-corrected chi connectivity index (χ0v) is 11.6. The van der Waals surface area contributed by atoms with Crippen LogP contribution in [0.1, 0.15) is 6.42 Å². The average Bonchev–Trinajstić information content (AvgIpc) is 2.81. The van der Waals surface area contributed by atoms with E-state index in [1.807, 2.05) is 0 Å². The highest BCUT2D eigenvalue weighted by atomic mass is 31.2. The Morgan fingerprint density at radius 3 is 2.74 bits per heavy atom. The van der Waals surface area contributed by atoms with Gasteiger partial charge < -0.3 is 9.30 Å². The van der Waals surface area contributed by atoms with Crippen LogP contribution in [0.2, 0.25) is 0 Å². The van der Waals surface area contributed by atoms with Gasteiger partial charge in [0.1, 0.15) is 5.75 Å². The fraction of sp³-hybridized carbons (Fsp3) is 0.417. The van der Waals surface area contributed by atoms with Crippen molar-refractivity contribution in [3.05, 3.63) is 24.3 Å². The van der Waals surface area contributed by atoms with Crippen LogP contribution in [0.15, 0.2) is 24.3 Å². The molecular formula is C12H17N2O4P. The van der Waals surface area contributed by atoms with Crippen molar-refractivity contribution < 1.29 is 19.3 Å². The molecule has 1 unspecified atom stereocenters. The first-order valence-corrected chi connectivity index (χ1v) is 7.86. The van der Waals surface area contributed by atoms with Crippen LogP contribution in [-0.4, -0.2) is 42.1 Å². The predicted molar refractivity (Wildman–Crippen MR) is 71.2 cm³/mol. The van der Waals surface area contributed by atoms with E-state index in [4.69, 9.17) is 9.94 Å². The van der Waals surface area contributed by atoms with Crippen molar-refractivity contribution in [3.63, 3.8) is 0 Å². The standard InChI is InChI=1S/C12H17N2O4P/c1-18-10-3-5-11(6-4-10)19(17)8-2-7-14(19)9-12(15)13-16/h3-6,16H,2,7-9H2,1H3,(H,13,15). The number of hydrogen-bond acceptors (Lipinski definition) is 4.